The zero-order valence-electron chi connectivity index (χ0n) is 13.7. The Kier molecular flexibility index (Phi) is 5.30. The van der Waals surface area contributed by atoms with E-state index in [0.717, 1.165) is 6.07 Å². The monoisotopic (exact) mass is 401 g/mol. The highest BCUT2D eigenvalue weighted by molar-refractivity contribution is 6.02. The molecule has 1 N–H and O–H groups in total. The van der Waals surface area contributed by atoms with Crippen molar-refractivity contribution in [3.63, 3.8) is 0 Å². The maximum absolute atomic E-state index is 13.6. The summed E-state index contributed by atoms with van der Waals surface area (Å²) in [5.41, 5.74) is -1.50. The highest BCUT2D eigenvalue weighted by atomic mass is 19.2. The zero-order chi connectivity index (χ0) is 20.4. The van der Waals surface area contributed by atoms with Crippen LogP contribution in [0.3, 0.4) is 0 Å². The van der Waals surface area contributed by atoms with Crippen molar-refractivity contribution >= 4 is 11.6 Å². The van der Waals surface area contributed by atoms with Gasteiger partial charge in [-0.15, -0.1) is 0 Å². The van der Waals surface area contributed by atoms with Gasteiger partial charge in [0.25, 0.3) is 5.91 Å². The van der Waals surface area contributed by atoms with Gasteiger partial charge in [0.2, 0.25) is 5.82 Å². The lowest BCUT2D eigenvalue weighted by atomic mass is 10.2. The molecule has 10 heteroatoms. The lowest BCUT2D eigenvalue weighted by Crippen LogP contribution is -2.16. The lowest BCUT2D eigenvalue weighted by molar-refractivity contribution is 0.0991. The van der Waals surface area contributed by atoms with Crippen LogP contribution in [0.4, 0.5) is 32.0 Å². The molecule has 1 heterocycles. The Morgan fingerprint density at radius 3 is 2.00 bits per heavy atom. The minimum absolute atomic E-state index is 0.117. The second-order valence-electron chi connectivity index (χ2n) is 5.41. The maximum Gasteiger partial charge on any atom is 0.291 e. The molecule has 0 aliphatic rings. The minimum atomic E-state index is -2.34. The van der Waals surface area contributed by atoms with Gasteiger partial charge in [0.05, 0.1) is 0 Å². The van der Waals surface area contributed by atoms with Crippen LogP contribution >= 0.6 is 0 Å². The number of anilines is 1. The molecule has 1 aromatic heterocycles. The van der Waals surface area contributed by atoms with E-state index >= 15 is 0 Å². The zero-order valence-corrected chi connectivity index (χ0v) is 13.7. The maximum atomic E-state index is 13.6. The van der Waals surface area contributed by atoms with E-state index in [1.807, 2.05) is 0 Å². The fourth-order valence-electron chi connectivity index (χ4n) is 2.15. The van der Waals surface area contributed by atoms with Crippen molar-refractivity contribution in [1.29, 1.82) is 0 Å². The van der Waals surface area contributed by atoms with E-state index in [4.69, 9.17) is 9.15 Å². The Labute approximate surface area is 153 Å². The summed E-state index contributed by atoms with van der Waals surface area (Å²) < 4.78 is 89.8. The largest absolute Gasteiger partial charge is 0.486 e. The Bertz CT molecular complexity index is 1000. The van der Waals surface area contributed by atoms with Crippen molar-refractivity contribution in [2.45, 2.75) is 6.61 Å². The van der Waals surface area contributed by atoms with E-state index in [1.165, 1.54) is 30.3 Å². The van der Waals surface area contributed by atoms with Gasteiger partial charge >= 0.3 is 0 Å². The first-order chi connectivity index (χ1) is 13.3. The SMILES string of the molecule is O=C(Nc1c(F)c(F)c(F)c(F)c1F)c1ccc(COc2ccc(F)cc2)o1. The molecule has 0 spiro atoms. The molecule has 3 rings (SSSR count). The van der Waals surface area contributed by atoms with Crippen molar-refractivity contribution < 1.29 is 40.3 Å². The number of rotatable bonds is 5. The molecule has 0 atom stereocenters. The Morgan fingerprint density at radius 2 is 1.39 bits per heavy atom. The fourth-order valence-corrected chi connectivity index (χ4v) is 2.15. The highest BCUT2D eigenvalue weighted by Crippen LogP contribution is 2.27. The van der Waals surface area contributed by atoms with Gasteiger partial charge < -0.3 is 14.5 Å². The molecular formula is C18H9F6NO3. The summed E-state index contributed by atoms with van der Waals surface area (Å²) >= 11 is 0. The number of amides is 1. The molecule has 0 radical (unpaired) electrons. The van der Waals surface area contributed by atoms with E-state index in [-0.39, 0.29) is 12.4 Å². The van der Waals surface area contributed by atoms with E-state index in [2.05, 4.69) is 0 Å². The van der Waals surface area contributed by atoms with Crippen molar-refractivity contribution in [3.8, 4) is 5.75 Å². The number of ether oxygens (including phenoxy) is 1. The lowest BCUT2D eigenvalue weighted by Gasteiger charge is -2.08. The second kappa shape index (κ2) is 7.67. The second-order valence-corrected chi connectivity index (χ2v) is 5.41. The van der Waals surface area contributed by atoms with E-state index in [9.17, 15) is 31.1 Å². The predicted octanol–water partition coefficient (Wildman–Crippen LogP) is 4.95. The fraction of sp³-hybridized carbons (Fsp3) is 0.0556. The molecule has 3 aromatic rings. The number of furan rings is 1. The van der Waals surface area contributed by atoms with Gasteiger partial charge in [0.1, 0.15) is 29.6 Å². The smallest absolute Gasteiger partial charge is 0.291 e. The van der Waals surface area contributed by atoms with Crippen molar-refractivity contribution in [2.75, 3.05) is 5.32 Å². The van der Waals surface area contributed by atoms with Crippen molar-refractivity contribution in [1.82, 2.24) is 0 Å². The van der Waals surface area contributed by atoms with Crippen LogP contribution in [0.1, 0.15) is 16.3 Å². The first kappa shape index (κ1) is 19.3. The van der Waals surface area contributed by atoms with Crippen LogP contribution in [-0.2, 0) is 6.61 Å². The Hall–Kier alpha value is -3.43. The molecule has 28 heavy (non-hydrogen) atoms. The average Bonchev–Trinajstić information content (AvgIpc) is 3.17. The van der Waals surface area contributed by atoms with Crippen LogP contribution in [0, 0.1) is 34.9 Å². The molecule has 0 saturated heterocycles. The third-order valence-electron chi connectivity index (χ3n) is 3.53. The first-order valence-corrected chi connectivity index (χ1v) is 7.57. The molecule has 146 valence electrons. The molecule has 0 aliphatic carbocycles. The summed E-state index contributed by atoms with van der Waals surface area (Å²) in [5, 5.41) is 1.59. The Balaban J connectivity index is 1.72. The molecule has 0 saturated carbocycles. The van der Waals surface area contributed by atoms with Crippen molar-refractivity contribution in [2.24, 2.45) is 0 Å². The third kappa shape index (κ3) is 3.80. The van der Waals surface area contributed by atoms with E-state index in [1.54, 1.807) is 5.32 Å². The van der Waals surface area contributed by atoms with Gasteiger partial charge in [-0.2, -0.15) is 0 Å². The van der Waals surface area contributed by atoms with Gasteiger partial charge in [0.15, 0.2) is 29.0 Å². The van der Waals surface area contributed by atoms with Gasteiger partial charge in [-0.3, -0.25) is 4.79 Å². The summed E-state index contributed by atoms with van der Waals surface area (Å²) in [4.78, 5) is 12.0. The summed E-state index contributed by atoms with van der Waals surface area (Å²) in [6.07, 6.45) is 0. The molecular weight excluding hydrogens is 392 g/mol. The normalized spacial score (nSPS) is 10.8. The summed E-state index contributed by atoms with van der Waals surface area (Å²) in [6.45, 7) is -0.165. The van der Waals surface area contributed by atoms with E-state index in [0.29, 0.717) is 5.75 Å². The van der Waals surface area contributed by atoms with E-state index < -0.39 is 52.3 Å². The summed E-state index contributed by atoms with van der Waals surface area (Å²) in [6, 6.07) is 7.46. The standard InChI is InChI=1S/C18H9F6NO3/c19-8-1-3-9(4-2-8)27-7-10-5-6-11(28-10)18(26)25-17-15(23)13(21)12(20)14(22)16(17)24/h1-6H,7H2,(H,25,26). The van der Waals surface area contributed by atoms with Crippen LogP contribution in [0.2, 0.25) is 0 Å². The van der Waals surface area contributed by atoms with Crippen LogP contribution in [0.15, 0.2) is 40.8 Å². The number of halogens is 6. The molecule has 1 amide bonds. The van der Waals surface area contributed by atoms with Gasteiger partial charge in [-0.1, -0.05) is 0 Å². The number of carbonyl (C=O) groups is 1. The predicted molar refractivity (Wildman–Crippen MR) is 83.6 cm³/mol. The quantitative estimate of drug-likeness (QED) is 0.374. The highest BCUT2D eigenvalue weighted by Gasteiger charge is 2.27. The summed E-state index contributed by atoms with van der Waals surface area (Å²) in [5.74, 6) is -12.8. The van der Waals surface area contributed by atoms with Crippen LogP contribution in [0.5, 0.6) is 5.75 Å². The Morgan fingerprint density at radius 1 is 0.821 bits per heavy atom. The molecule has 2 aromatic carbocycles. The minimum Gasteiger partial charge on any atom is -0.486 e. The number of benzene rings is 2. The first-order valence-electron chi connectivity index (χ1n) is 7.57. The number of carbonyl (C=O) groups excluding carboxylic acids is 1. The molecule has 0 fully saturated rings. The van der Waals surface area contributed by atoms with Gasteiger partial charge in [-0.05, 0) is 36.4 Å². The number of nitrogens with one attached hydrogen (secondary N) is 1. The number of hydrogen-bond acceptors (Lipinski definition) is 3. The molecule has 4 nitrogen and oxygen atoms in total. The summed E-state index contributed by atoms with van der Waals surface area (Å²) in [7, 11) is 0. The van der Waals surface area contributed by atoms with Crippen molar-refractivity contribution in [3.05, 3.63) is 82.8 Å². The molecule has 0 unspecified atom stereocenters. The van der Waals surface area contributed by atoms with Crippen LogP contribution in [-0.4, -0.2) is 5.91 Å². The topological polar surface area (TPSA) is 51.5 Å². The van der Waals surface area contributed by atoms with Gasteiger partial charge in [-0.25, -0.2) is 26.3 Å². The number of hydrogen-bond donors (Lipinski definition) is 1. The molecule has 0 bridgehead atoms. The average molecular weight is 401 g/mol. The van der Waals surface area contributed by atoms with Gasteiger partial charge in [0, 0.05) is 0 Å². The molecule has 0 aliphatic heterocycles. The third-order valence-corrected chi connectivity index (χ3v) is 3.53. The van der Waals surface area contributed by atoms with Crippen LogP contribution in [0.25, 0.3) is 0 Å². The van der Waals surface area contributed by atoms with Crippen LogP contribution < -0.4 is 10.1 Å².